The third kappa shape index (κ3) is 2.62. The zero-order valence-electron chi connectivity index (χ0n) is 17.8. The van der Waals surface area contributed by atoms with E-state index >= 15 is 0 Å². The molecular weight excluding hydrogens is 404 g/mol. The van der Waals surface area contributed by atoms with Gasteiger partial charge in [0.15, 0.2) is 5.69 Å². The van der Waals surface area contributed by atoms with Crippen molar-refractivity contribution in [2.45, 2.75) is 31.6 Å². The highest BCUT2D eigenvalue weighted by atomic mass is 16.5. The minimum Gasteiger partial charge on any atom is -0.461 e. The van der Waals surface area contributed by atoms with Crippen LogP contribution >= 0.6 is 0 Å². The van der Waals surface area contributed by atoms with Crippen LogP contribution in [0.25, 0.3) is 0 Å². The van der Waals surface area contributed by atoms with Crippen molar-refractivity contribution in [1.29, 1.82) is 5.26 Å². The van der Waals surface area contributed by atoms with Gasteiger partial charge >= 0.3 is 5.97 Å². The van der Waals surface area contributed by atoms with Gasteiger partial charge in [0.2, 0.25) is 11.9 Å². The van der Waals surface area contributed by atoms with Crippen LogP contribution in [0.2, 0.25) is 0 Å². The van der Waals surface area contributed by atoms with Gasteiger partial charge in [-0.3, -0.25) is 10.1 Å². The molecule has 7 nitrogen and oxygen atoms in total. The lowest BCUT2D eigenvalue weighted by atomic mass is 9.47. The number of aromatic nitrogens is 2. The summed E-state index contributed by atoms with van der Waals surface area (Å²) in [5.74, 6) is -0.840. The van der Waals surface area contributed by atoms with Crippen LogP contribution in [-0.4, -0.2) is 28.5 Å². The van der Waals surface area contributed by atoms with Crippen LogP contribution < -0.4 is 5.32 Å². The molecule has 3 aliphatic rings. The summed E-state index contributed by atoms with van der Waals surface area (Å²) >= 11 is 0. The molecule has 0 radical (unpaired) electrons. The van der Waals surface area contributed by atoms with Gasteiger partial charge in [-0.1, -0.05) is 48.5 Å². The molecule has 2 aromatic carbocycles. The Labute approximate surface area is 185 Å². The molecule has 1 unspecified atom stereocenters. The van der Waals surface area contributed by atoms with Crippen molar-refractivity contribution in [3.63, 3.8) is 0 Å². The Bertz CT molecular complexity index is 1240. The van der Waals surface area contributed by atoms with E-state index in [0.717, 1.165) is 22.3 Å². The maximum atomic E-state index is 13.7. The molecular formula is C25H22N4O3. The van der Waals surface area contributed by atoms with Crippen LogP contribution in [0.1, 0.15) is 58.9 Å². The molecule has 1 aromatic heterocycles. The van der Waals surface area contributed by atoms with Crippen molar-refractivity contribution in [2.75, 3.05) is 11.9 Å². The molecule has 7 heteroatoms. The highest BCUT2D eigenvalue weighted by Crippen LogP contribution is 2.63. The summed E-state index contributed by atoms with van der Waals surface area (Å²) in [5.41, 5.74) is 2.24. The Morgan fingerprint density at radius 1 is 1.19 bits per heavy atom. The summed E-state index contributed by atoms with van der Waals surface area (Å²) in [5, 5.41) is 13.3. The Balaban J connectivity index is 1.57. The number of rotatable bonds is 4. The van der Waals surface area contributed by atoms with Crippen LogP contribution in [0.15, 0.2) is 54.7 Å². The van der Waals surface area contributed by atoms with Gasteiger partial charge in [-0.05, 0) is 42.5 Å². The highest BCUT2D eigenvalue weighted by molar-refractivity contribution is 5.97. The number of hydrogen-bond donors (Lipinski definition) is 2. The fourth-order valence-electron chi connectivity index (χ4n) is 5.43. The maximum Gasteiger partial charge on any atom is 0.358 e. The predicted octanol–water partition coefficient (Wildman–Crippen LogP) is 3.89. The molecule has 3 aromatic rings. The number of carbonyl (C=O) groups excluding carboxylic acids is 2. The number of H-pyrrole nitrogens is 1. The molecule has 160 valence electrons. The number of imidazole rings is 1. The molecule has 3 aliphatic carbocycles. The van der Waals surface area contributed by atoms with Gasteiger partial charge in [0.05, 0.1) is 18.1 Å². The molecule has 1 amide bonds. The molecule has 2 bridgehead atoms. The predicted molar refractivity (Wildman–Crippen MR) is 117 cm³/mol. The van der Waals surface area contributed by atoms with Crippen LogP contribution in [0.5, 0.6) is 0 Å². The fraction of sp³-hybridized carbons (Fsp3) is 0.280. The first-order valence-corrected chi connectivity index (χ1v) is 10.6. The Kier molecular flexibility index (Phi) is 4.41. The van der Waals surface area contributed by atoms with Gasteiger partial charge in [0.1, 0.15) is 5.41 Å². The summed E-state index contributed by atoms with van der Waals surface area (Å²) < 4.78 is 4.96. The number of ether oxygens (including phenoxy) is 1. The van der Waals surface area contributed by atoms with Crippen LogP contribution in [-0.2, 0) is 14.9 Å². The SMILES string of the molecule is CCOC(=O)c1c[nH]c(NC(=O)C2(C)CC3(C#N)c4ccccc4C2c2ccccc23)n1. The second-order valence-corrected chi connectivity index (χ2v) is 8.53. The molecule has 0 saturated heterocycles. The zero-order valence-corrected chi connectivity index (χ0v) is 17.8. The lowest BCUT2D eigenvalue weighted by molar-refractivity contribution is -0.127. The molecule has 32 heavy (non-hydrogen) atoms. The molecule has 0 aliphatic heterocycles. The van der Waals surface area contributed by atoms with E-state index in [0.29, 0.717) is 6.42 Å². The van der Waals surface area contributed by atoms with E-state index in [9.17, 15) is 14.9 Å². The summed E-state index contributed by atoms with van der Waals surface area (Å²) in [4.78, 5) is 32.6. The van der Waals surface area contributed by atoms with E-state index in [1.54, 1.807) is 6.92 Å². The number of hydrogen-bond acceptors (Lipinski definition) is 5. The van der Waals surface area contributed by atoms with Crippen LogP contribution in [0.4, 0.5) is 5.95 Å². The first kappa shape index (κ1) is 20.0. The lowest BCUT2D eigenvalue weighted by Crippen LogP contribution is -2.53. The lowest BCUT2D eigenvalue weighted by Gasteiger charge is -2.54. The number of nitrogens with one attached hydrogen (secondary N) is 2. The van der Waals surface area contributed by atoms with Crippen molar-refractivity contribution >= 4 is 17.8 Å². The van der Waals surface area contributed by atoms with Gasteiger partial charge in [0, 0.05) is 12.1 Å². The van der Waals surface area contributed by atoms with E-state index in [1.807, 2.05) is 55.5 Å². The number of nitrogens with zero attached hydrogens (tertiary/aromatic N) is 2. The molecule has 0 saturated carbocycles. The van der Waals surface area contributed by atoms with Crippen LogP contribution in [0.3, 0.4) is 0 Å². The second-order valence-electron chi connectivity index (χ2n) is 8.53. The summed E-state index contributed by atoms with van der Waals surface area (Å²) in [6, 6.07) is 18.4. The standard InChI is InChI=1S/C25H22N4O3/c1-3-32-21(30)19-12-27-23(28-19)29-22(31)24(2)13-25(14-26)17-10-6-4-8-15(17)20(24)16-9-5-7-11-18(16)25/h4-12,20H,3,13H2,1-2H3,(H2,27,28,29,31). The normalized spacial score (nSPS) is 24.7. The average Bonchev–Trinajstić information content (AvgIpc) is 3.28. The molecule has 0 spiro atoms. The molecule has 1 heterocycles. The van der Waals surface area contributed by atoms with E-state index < -0.39 is 16.8 Å². The highest BCUT2D eigenvalue weighted by Gasteiger charge is 2.61. The summed E-state index contributed by atoms with van der Waals surface area (Å²) in [7, 11) is 0. The maximum absolute atomic E-state index is 13.7. The van der Waals surface area contributed by atoms with Crippen molar-refractivity contribution < 1.29 is 14.3 Å². The number of nitriles is 1. The number of carbonyl (C=O) groups is 2. The van der Waals surface area contributed by atoms with E-state index in [4.69, 9.17) is 4.74 Å². The Morgan fingerprint density at radius 2 is 1.81 bits per heavy atom. The number of benzene rings is 2. The summed E-state index contributed by atoms with van der Waals surface area (Å²) in [6.07, 6.45) is 1.76. The molecule has 1 atom stereocenters. The third-order valence-corrected chi connectivity index (χ3v) is 6.74. The minimum absolute atomic E-state index is 0.0988. The zero-order chi connectivity index (χ0) is 22.5. The number of amides is 1. The monoisotopic (exact) mass is 426 g/mol. The van der Waals surface area contributed by atoms with E-state index in [2.05, 4.69) is 21.4 Å². The van der Waals surface area contributed by atoms with Gasteiger partial charge < -0.3 is 9.72 Å². The van der Waals surface area contributed by atoms with Gasteiger partial charge in [-0.15, -0.1) is 0 Å². The molecule has 0 fully saturated rings. The third-order valence-electron chi connectivity index (χ3n) is 6.74. The number of anilines is 1. The minimum atomic E-state index is -0.909. The fourth-order valence-corrected chi connectivity index (χ4v) is 5.43. The molecule has 6 rings (SSSR count). The van der Waals surface area contributed by atoms with Gasteiger partial charge in [-0.2, -0.15) is 5.26 Å². The number of fused-ring (bicyclic) bond motifs is 1. The first-order chi connectivity index (χ1) is 15.4. The average molecular weight is 426 g/mol. The van der Waals surface area contributed by atoms with E-state index in [1.165, 1.54) is 6.20 Å². The molecule has 2 N–H and O–H groups in total. The summed E-state index contributed by atoms with van der Waals surface area (Å²) in [6.45, 7) is 3.86. The largest absolute Gasteiger partial charge is 0.461 e. The smallest absolute Gasteiger partial charge is 0.358 e. The van der Waals surface area contributed by atoms with E-state index in [-0.39, 0.29) is 30.1 Å². The Hall–Kier alpha value is -3.92. The van der Waals surface area contributed by atoms with Crippen LogP contribution in [0, 0.1) is 16.7 Å². The Morgan fingerprint density at radius 3 is 2.41 bits per heavy atom. The topological polar surface area (TPSA) is 108 Å². The van der Waals surface area contributed by atoms with Crippen molar-refractivity contribution in [1.82, 2.24) is 9.97 Å². The van der Waals surface area contributed by atoms with Gasteiger partial charge in [-0.25, -0.2) is 9.78 Å². The quantitative estimate of drug-likeness (QED) is 0.616. The van der Waals surface area contributed by atoms with Crippen molar-refractivity contribution in [2.24, 2.45) is 5.41 Å². The van der Waals surface area contributed by atoms with Gasteiger partial charge in [0.25, 0.3) is 0 Å². The second kappa shape index (κ2) is 7.06. The van der Waals surface area contributed by atoms with Crippen molar-refractivity contribution in [3.8, 4) is 6.07 Å². The van der Waals surface area contributed by atoms with Crippen molar-refractivity contribution in [3.05, 3.63) is 82.7 Å². The number of aromatic amines is 1. The first-order valence-electron chi connectivity index (χ1n) is 10.6. The number of esters is 1.